The first-order valence-electron chi connectivity index (χ1n) is 11.6. The number of fused-ring (bicyclic) bond motifs is 1. The monoisotopic (exact) mass is 532 g/mol. The highest BCUT2D eigenvalue weighted by molar-refractivity contribution is 7.10. The van der Waals surface area contributed by atoms with Gasteiger partial charge in [0.15, 0.2) is 16.3 Å². The molecule has 7 nitrogen and oxygen atoms in total. The summed E-state index contributed by atoms with van der Waals surface area (Å²) in [7, 11) is 3.13. The van der Waals surface area contributed by atoms with Gasteiger partial charge in [-0.1, -0.05) is 59.9 Å². The second-order valence-corrected chi connectivity index (χ2v) is 10.0. The molecule has 4 aromatic rings. The van der Waals surface area contributed by atoms with Crippen molar-refractivity contribution in [2.45, 2.75) is 13.0 Å². The number of para-hydroxylation sites is 1. The van der Waals surface area contributed by atoms with E-state index in [-0.39, 0.29) is 12.2 Å². The lowest BCUT2D eigenvalue weighted by Gasteiger charge is -2.24. The van der Waals surface area contributed by atoms with Crippen molar-refractivity contribution in [2.75, 3.05) is 20.8 Å². The molecule has 1 atom stereocenters. The highest BCUT2D eigenvalue weighted by Gasteiger charge is 2.35. The molecule has 0 N–H and O–H groups in total. The van der Waals surface area contributed by atoms with E-state index in [9.17, 15) is 9.59 Å². The minimum atomic E-state index is -0.667. The van der Waals surface area contributed by atoms with Crippen LogP contribution in [0, 0.1) is 0 Å². The van der Waals surface area contributed by atoms with Gasteiger partial charge in [-0.05, 0) is 30.5 Å². The van der Waals surface area contributed by atoms with Crippen LogP contribution < -0.4 is 24.4 Å². The van der Waals surface area contributed by atoms with Gasteiger partial charge in [-0.3, -0.25) is 9.36 Å². The summed E-state index contributed by atoms with van der Waals surface area (Å²) in [6, 6.07) is 18.2. The number of carbonyl (C=O) groups excluding carboxylic acids is 1. The Bertz CT molecular complexity index is 1650. The van der Waals surface area contributed by atoms with Gasteiger partial charge in [-0.25, -0.2) is 9.79 Å². The van der Waals surface area contributed by atoms with Crippen molar-refractivity contribution in [3.8, 4) is 11.5 Å². The SMILES string of the molecule is CCOC(=O)C1=C(c2ccccc2)N=c2sc(=Cc3cccc(OC)c3OC)c(=O)n2[C@H]1c1cccs1. The summed E-state index contributed by atoms with van der Waals surface area (Å²) in [6.45, 7) is 1.97. The predicted octanol–water partition coefficient (Wildman–Crippen LogP) is 4.01. The molecule has 0 fully saturated rings. The largest absolute Gasteiger partial charge is 0.493 e. The summed E-state index contributed by atoms with van der Waals surface area (Å²) in [5.41, 5.74) is 2.07. The van der Waals surface area contributed by atoms with Gasteiger partial charge in [0.1, 0.15) is 6.04 Å². The van der Waals surface area contributed by atoms with E-state index in [0.717, 1.165) is 10.4 Å². The number of aromatic nitrogens is 1. The van der Waals surface area contributed by atoms with Gasteiger partial charge < -0.3 is 14.2 Å². The first-order valence-corrected chi connectivity index (χ1v) is 13.3. The predicted molar refractivity (Wildman–Crippen MR) is 145 cm³/mol. The number of methoxy groups -OCH3 is 2. The van der Waals surface area contributed by atoms with Crippen LogP contribution in [0.3, 0.4) is 0 Å². The number of rotatable bonds is 7. The Hall–Kier alpha value is -3.95. The van der Waals surface area contributed by atoms with Crippen LogP contribution in [0.25, 0.3) is 11.8 Å². The quantitative estimate of drug-likeness (QED) is 0.336. The van der Waals surface area contributed by atoms with Crippen LogP contribution >= 0.6 is 22.7 Å². The number of ether oxygens (including phenoxy) is 3. The van der Waals surface area contributed by atoms with E-state index in [1.165, 1.54) is 22.7 Å². The average Bonchev–Trinajstić information content (AvgIpc) is 3.56. The summed E-state index contributed by atoms with van der Waals surface area (Å²) < 4.78 is 18.5. The molecule has 0 saturated heterocycles. The van der Waals surface area contributed by atoms with Crippen LogP contribution in [0.4, 0.5) is 0 Å². The topological polar surface area (TPSA) is 79.1 Å². The van der Waals surface area contributed by atoms with Gasteiger partial charge in [0.05, 0.1) is 36.6 Å². The molecule has 0 aliphatic carbocycles. The molecular formula is C28H24N2O5S2. The minimum absolute atomic E-state index is 0.210. The molecule has 0 bridgehead atoms. The Morgan fingerprint density at radius 3 is 2.54 bits per heavy atom. The molecule has 2 aromatic carbocycles. The van der Waals surface area contributed by atoms with Crippen LogP contribution in [0.15, 0.2) is 81.4 Å². The number of esters is 1. The Morgan fingerprint density at radius 1 is 1.05 bits per heavy atom. The van der Waals surface area contributed by atoms with Gasteiger partial charge in [0.25, 0.3) is 5.56 Å². The molecule has 0 unspecified atom stereocenters. The van der Waals surface area contributed by atoms with E-state index in [1.807, 2.05) is 60.0 Å². The molecule has 0 spiro atoms. The smallest absolute Gasteiger partial charge is 0.338 e. The van der Waals surface area contributed by atoms with Crippen molar-refractivity contribution in [3.63, 3.8) is 0 Å². The minimum Gasteiger partial charge on any atom is -0.493 e. The summed E-state index contributed by atoms with van der Waals surface area (Å²) in [5, 5.41) is 1.93. The Kier molecular flexibility index (Phi) is 7.07. The highest BCUT2D eigenvalue weighted by atomic mass is 32.1. The van der Waals surface area contributed by atoms with Crippen LogP contribution in [-0.2, 0) is 9.53 Å². The molecule has 9 heteroatoms. The molecule has 0 radical (unpaired) electrons. The Morgan fingerprint density at radius 2 is 1.86 bits per heavy atom. The van der Waals surface area contributed by atoms with Gasteiger partial charge in [-0.15, -0.1) is 11.3 Å². The fourth-order valence-corrected chi connectivity index (χ4v) is 6.14. The van der Waals surface area contributed by atoms with E-state index < -0.39 is 12.0 Å². The van der Waals surface area contributed by atoms with Crippen molar-refractivity contribution < 1.29 is 19.0 Å². The number of carbonyl (C=O) groups is 1. The average molecular weight is 533 g/mol. The standard InChI is InChI=1S/C28H24N2O5S2/c1-4-35-27(32)22-23(17-10-6-5-7-11-17)29-28-30(24(22)20-14-9-15-36-20)26(31)21(37-28)16-18-12-8-13-19(33-2)25(18)34-3/h5-16,24H,4H2,1-3H3/t24-/m0/s1. The molecule has 0 saturated carbocycles. The summed E-state index contributed by atoms with van der Waals surface area (Å²) in [5.74, 6) is 0.603. The zero-order chi connectivity index (χ0) is 25.9. The summed E-state index contributed by atoms with van der Waals surface area (Å²) in [6.07, 6.45) is 1.77. The second kappa shape index (κ2) is 10.6. The fourth-order valence-electron chi connectivity index (χ4n) is 4.32. The lowest BCUT2D eigenvalue weighted by molar-refractivity contribution is -0.138. The maximum Gasteiger partial charge on any atom is 0.338 e. The van der Waals surface area contributed by atoms with Gasteiger partial charge >= 0.3 is 5.97 Å². The fraction of sp³-hybridized carbons (Fsp3) is 0.179. The number of hydrogen-bond donors (Lipinski definition) is 0. The molecular weight excluding hydrogens is 508 g/mol. The lowest BCUT2D eigenvalue weighted by Crippen LogP contribution is -2.39. The van der Waals surface area contributed by atoms with Crippen molar-refractivity contribution in [1.82, 2.24) is 4.57 Å². The number of nitrogens with zero attached hydrogens (tertiary/aromatic N) is 2. The number of benzene rings is 2. The maximum absolute atomic E-state index is 13.9. The number of hydrogen-bond acceptors (Lipinski definition) is 8. The molecule has 1 aliphatic heterocycles. The third-order valence-corrected chi connectivity index (χ3v) is 7.81. The maximum atomic E-state index is 13.9. The van der Waals surface area contributed by atoms with Gasteiger partial charge in [0, 0.05) is 16.0 Å². The summed E-state index contributed by atoms with van der Waals surface area (Å²) in [4.78, 5) is 33.5. The molecule has 5 rings (SSSR count). The molecule has 2 aromatic heterocycles. The Labute approximate surface area is 221 Å². The van der Waals surface area contributed by atoms with E-state index >= 15 is 0 Å². The molecule has 37 heavy (non-hydrogen) atoms. The third kappa shape index (κ3) is 4.52. The number of thiophene rings is 1. The third-order valence-electron chi connectivity index (χ3n) is 5.91. The zero-order valence-corrected chi connectivity index (χ0v) is 22.1. The van der Waals surface area contributed by atoms with Crippen LogP contribution in [0.5, 0.6) is 11.5 Å². The van der Waals surface area contributed by atoms with Crippen molar-refractivity contribution in [1.29, 1.82) is 0 Å². The summed E-state index contributed by atoms with van der Waals surface area (Å²) >= 11 is 2.74. The van der Waals surface area contributed by atoms with E-state index in [4.69, 9.17) is 19.2 Å². The van der Waals surface area contributed by atoms with E-state index in [1.54, 1.807) is 37.9 Å². The lowest BCUT2D eigenvalue weighted by atomic mass is 9.97. The van der Waals surface area contributed by atoms with Crippen molar-refractivity contribution >= 4 is 40.4 Å². The first-order chi connectivity index (χ1) is 18.1. The zero-order valence-electron chi connectivity index (χ0n) is 20.5. The van der Waals surface area contributed by atoms with Gasteiger partial charge in [-0.2, -0.15) is 0 Å². The van der Waals surface area contributed by atoms with E-state index in [0.29, 0.717) is 37.7 Å². The molecule has 0 amide bonds. The van der Waals surface area contributed by atoms with E-state index in [2.05, 4.69) is 0 Å². The Balaban J connectivity index is 1.81. The van der Waals surface area contributed by atoms with Crippen LogP contribution in [0.1, 0.15) is 29.0 Å². The number of thiazole rings is 1. The van der Waals surface area contributed by atoms with Gasteiger partial charge in [0.2, 0.25) is 0 Å². The molecule has 3 heterocycles. The normalized spacial score (nSPS) is 15.2. The second-order valence-electron chi connectivity index (χ2n) is 8.03. The van der Waals surface area contributed by atoms with Crippen LogP contribution in [0.2, 0.25) is 0 Å². The first kappa shape index (κ1) is 24.7. The van der Waals surface area contributed by atoms with Crippen LogP contribution in [-0.4, -0.2) is 31.4 Å². The molecule has 188 valence electrons. The highest BCUT2D eigenvalue weighted by Crippen LogP contribution is 2.37. The molecule has 1 aliphatic rings. The van der Waals surface area contributed by atoms with Crippen molar-refractivity contribution in [2.24, 2.45) is 4.99 Å². The van der Waals surface area contributed by atoms with Crippen molar-refractivity contribution in [3.05, 3.63) is 107 Å².